The lowest BCUT2D eigenvalue weighted by Crippen LogP contribution is -2.30. The molecule has 0 aromatic heterocycles. The van der Waals surface area contributed by atoms with Gasteiger partial charge in [0.15, 0.2) is 0 Å². The molecule has 1 atom stereocenters. The van der Waals surface area contributed by atoms with E-state index in [1.807, 2.05) is 36.2 Å². The average molecular weight is 573 g/mol. The summed E-state index contributed by atoms with van der Waals surface area (Å²) in [7, 11) is 0. The van der Waals surface area contributed by atoms with E-state index < -0.39 is 0 Å². The molecule has 1 aliphatic rings. The monoisotopic (exact) mass is 572 g/mol. The van der Waals surface area contributed by atoms with E-state index in [1.165, 1.54) is 81.8 Å². The van der Waals surface area contributed by atoms with E-state index in [1.54, 1.807) is 0 Å². The maximum absolute atomic E-state index is 13.1. The van der Waals surface area contributed by atoms with Crippen molar-refractivity contribution in [2.75, 3.05) is 18.1 Å². The first kappa shape index (κ1) is 33.6. The number of aliphatic imine (C=N–C) groups is 1. The third kappa shape index (κ3) is 12.2. The second kappa shape index (κ2) is 18.6. The number of nitrogens with zero attached hydrogens (tertiary/aromatic N) is 2. The summed E-state index contributed by atoms with van der Waals surface area (Å²) in [6.45, 7) is 10.7. The Morgan fingerprint density at radius 2 is 1.50 bits per heavy atom. The van der Waals surface area contributed by atoms with Crippen molar-refractivity contribution in [3.63, 3.8) is 0 Å². The van der Waals surface area contributed by atoms with Crippen molar-refractivity contribution in [2.45, 2.75) is 124 Å². The average Bonchev–Trinajstić information content (AvgIpc) is 2.98. The minimum Gasteiger partial charge on any atom is -0.494 e. The Labute approximate surface area is 256 Å². The topological polar surface area (TPSA) is 41.9 Å². The number of ether oxygens (including phenoxy) is 1. The van der Waals surface area contributed by atoms with Gasteiger partial charge in [-0.05, 0) is 60.7 Å². The molecule has 2 aromatic rings. The predicted octanol–water partition coefficient (Wildman–Crippen LogP) is 10.3. The number of benzene rings is 2. The Balaban J connectivity index is 1.46. The summed E-state index contributed by atoms with van der Waals surface area (Å²) in [5.41, 5.74) is 4.47. The van der Waals surface area contributed by atoms with Gasteiger partial charge in [-0.2, -0.15) is 0 Å². The summed E-state index contributed by atoms with van der Waals surface area (Å²) in [4.78, 5) is 19.6. The second-order valence-electron chi connectivity index (χ2n) is 12.6. The van der Waals surface area contributed by atoms with Gasteiger partial charge in [0.1, 0.15) is 5.75 Å². The van der Waals surface area contributed by atoms with E-state index in [9.17, 15) is 4.79 Å². The summed E-state index contributed by atoms with van der Waals surface area (Å²) in [6, 6.07) is 16.7. The molecular formula is C38H56N2O2. The molecule has 4 heteroatoms. The Morgan fingerprint density at radius 1 is 0.857 bits per heavy atom. The highest BCUT2D eigenvalue weighted by Crippen LogP contribution is 2.30. The van der Waals surface area contributed by atoms with Crippen molar-refractivity contribution in [3.05, 3.63) is 71.3 Å². The third-order valence-corrected chi connectivity index (χ3v) is 8.26. The number of hydrogen-bond donors (Lipinski definition) is 0. The van der Waals surface area contributed by atoms with Gasteiger partial charge in [-0.25, -0.2) is 0 Å². The maximum atomic E-state index is 13.1. The zero-order valence-electron chi connectivity index (χ0n) is 27.0. The van der Waals surface area contributed by atoms with Crippen molar-refractivity contribution < 1.29 is 9.53 Å². The molecule has 4 nitrogen and oxygen atoms in total. The molecule has 2 aromatic carbocycles. The SMILES string of the molecule is CCCCCCCCCCCCCCOc1cccc(CN(C(=O)CC)c2cccc(CC3(C)C=C(C)C=NC3)c2)c1. The zero-order chi connectivity index (χ0) is 30.0. The Kier molecular flexibility index (Phi) is 14.9. The first-order valence-electron chi connectivity index (χ1n) is 16.7. The molecule has 0 saturated carbocycles. The largest absolute Gasteiger partial charge is 0.494 e. The van der Waals surface area contributed by atoms with E-state index in [2.05, 4.69) is 62.2 Å². The van der Waals surface area contributed by atoms with Gasteiger partial charge < -0.3 is 9.64 Å². The van der Waals surface area contributed by atoms with Crippen LogP contribution in [-0.4, -0.2) is 25.3 Å². The lowest BCUT2D eigenvalue weighted by Gasteiger charge is -2.28. The number of carbonyl (C=O) groups excluding carboxylic acids is 1. The van der Waals surface area contributed by atoms with Crippen LogP contribution in [0.4, 0.5) is 5.69 Å². The number of rotatable bonds is 20. The minimum absolute atomic E-state index is 0.00370. The standard InChI is InChI=1S/C38H56N2O2/c1-5-7-8-9-10-11-12-13-14-15-16-17-24-42-36-23-19-21-34(26-36)30-40(37(41)6-2)35-22-18-20-33(25-35)28-38(4)27-32(3)29-39-31-38/h18-23,25-27,29H,5-17,24,28,30-31H2,1-4H3. The smallest absolute Gasteiger partial charge is 0.227 e. The van der Waals surface area contributed by atoms with Gasteiger partial charge in [-0.3, -0.25) is 9.79 Å². The highest BCUT2D eigenvalue weighted by Gasteiger charge is 2.24. The van der Waals surface area contributed by atoms with E-state index >= 15 is 0 Å². The minimum atomic E-state index is -0.00370. The van der Waals surface area contributed by atoms with Gasteiger partial charge in [-0.1, -0.05) is 122 Å². The summed E-state index contributed by atoms with van der Waals surface area (Å²) in [5, 5.41) is 0. The van der Waals surface area contributed by atoms with Gasteiger partial charge in [0.2, 0.25) is 5.91 Å². The number of allylic oxidation sites excluding steroid dienone is 1. The number of dihydropyridines is 1. The highest BCUT2D eigenvalue weighted by molar-refractivity contribution is 5.93. The number of anilines is 1. The molecular weight excluding hydrogens is 516 g/mol. The summed E-state index contributed by atoms with van der Waals surface area (Å²) in [5.74, 6) is 1.01. The molecule has 1 aliphatic heterocycles. The summed E-state index contributed by atoms with van der Waals surface area (Å²) >= 11 is 0. The molecule has 42 heavy (non-hydrogen) atoms. The molecule has 1 amide bonds. The van der Waals surface area contributed by atoms with Crippen molar-refractivity contribution in [1.29, 1.82) is 0 Å². The van der Waals surface area contributed by atoms with Crippen LogP contribution < -0.4 is 9.64 Å². The van der Waals surface area contributed by atoms with Gasteiger partial charge in [0, 0.05) is 30.3 Å². The number of unbranched alkanes of at least 4 members (excludes halogenated alkanes) is 11. The van der Waals surface area contributed by atoms with E-state index in [-0.39, 0.29) is 11.3 Å². The highest BCUT2D eigenvalue weighted by atomic mass is 16.5. The summed E-state index contributed by atoms with van der Waals surface area (Å²) in [6.07, 6.45) is 21.7. The van der Waals surface area contributed by atoms with Crippen LogP contribution in [0, 0.1) is 5.41 Å². The fraction of sp³-hybridized carbons (Fsp3) is 0.579. The molecule has 1 heterocycles. The molecule has 0 spiro atoms. The summed E-state index contributed by atoms with van der Waals surface area (Å²) < 4.78 is 6.12. The van der Waals surface area contributed by atoms with E-state index in [4.69, 9.17) is 4.74 Å². The molecule has 1 unspecified atom stereocenters. The number of amides is 1. The van der Waals surface area contributed by atoms with Gasteiger partial charge in [-0.15, -0.1) is 0 Å². The molecule has 0 radical (unpaired) electrons. The maximum Gasteiger partial charge on any atom is 0.227 e. The molecule has 0 N–H and O–H groups in total. The fourth-order valence-electron chi connectivity index (χ4n) is 6.00. The normalized spacial score (nSPS) is 16.3. The first-order valence-corrected chi connectivity index (χ1v) is 16.7. The fourth-order valence-corrected chi connectivity index (χ4v) is 6.00. The second-order valence-corrected chi connectivity index (χ2v) is 12.6. The van der Waals surface area contributed by atoms with Gasteiger partial charge in [0.25, 0.3) is 0 Å². The third-order valence-electron chi connectivity index (χ3n) is 8.26. The number of hydrogen-bond acceptors (Lipinski definition) is 3. The quantitative estimate of drug-likeness (QED) is 0.148. The van der Waals surface area contributed by atoms with E-state index in [0.29, 0.717) is 13.0 Å². The van der Waals surface area contributed by atoms with Crippen LogP contribution in [-0.2, 0) is 17.8 Å². The Hall–Kier alpha value is -2.88. The van der Waals surface area contributed by atoms with Crippen LogP contribution in [0.1, 0.15) is 122 Å². The molecule has 0 bridgehead atoms. The van der Waals surface area contributed by atoms with Crippen molar-refractivity contribution in [1.82, 2.24) is 0 Å². The van der Waals surface area contributed by atoms with Crippen LogP contribution in [0.15, 0.2) is 65.2 Å². The van der Waals surface area contributed by atoms with Crippen LogP contribution in [0.3, 0.4) is 0 Å². The number of carbonyl (C=O) groups is 1. The van der Waals surface area contributed by atoms with Crippen LogP contribution in [0.2, 0.25) is 0 Å². The van der Waals surface area contributed by atoms with E-state index in [0.717, 1.165) is 43.0 Å². The van der Waals surface area contributed by atoms with Crippen molar-refractivity contribution >= 4 is 17.8 Å². The zero-order valence-corrected chi connectivity index (χ0v) is 27.0. The van der Waals surface area contributed by atoms with Crippen LogP contribution >= 0.6 is 0 Å². The molecule has 0 saturated heterocycles. The predicted molar refractivity (Wildman–Crippen MR) is 180 cm³/mol. The van der Waals surface area contributed by atoms with Crippen molar-refractivity contribution in [3.8, 4) is 5.75 Å². The molecule has 3 rings (SSSR count). The van der Waals surface area contributed by atoms with Gasteiger partial charge in [0.05, 0.1) is 13.2 Å². The lowest BCUT2D eigenvalue weighted by atomic mass is 9.81. The van der Waals surface area contributed by atoms with Crippen molar-refractivity contribution in [2.24, 2.45) is 10.4 Å². The van der Waals surface area contributed by atoms with Crippen LogP contribution in [0.25, 0.3) is 0 Å². The molecule has 230 valence electrons. The molecule has 0 aliphatic carbocycles. The Morgan fingerprint density at radius 3 is 2.17 bits per heavy atom. The first-order chi connectivity index (χ1) is 20.4. The Bertz CT molecular complexity index is 1140. The molecule has 0 fully saturated rings. The van der Waals surface area contributed by atoms with Gasteiger partial charge >= 0.3 is 0 Å². The van der Waals surface area contributed by atoms with Crippen LogP contribution in [0.5, 0.6) is 5.75 Å². The lowest BCUT2D eigenvalue weighted by molar-refractivity contribution is -0.118.